The minimum Gasteiger partial charge on any atom is -0.370 e. The highest BCUT2D eigenvalue weighted by molar-refractivity contribution is 7.90. The predicted molar refractivity (Wildman–Crippen MR) is 133 cm³/mol. The van der Waals surface area contributed by atoms with Crippen LogP contribution < -0.4 is 4.90 Å². The van der Waals surface area contributed by atoms with Gasteiger partial charge in [-0.15, -0.1) is 0 Å². The highest BCUT2D eigenvalue weighted by Gasteiger charge is 2.29. The van der Waals surface area contributed by atoms with Crippen molar-refractivity contribution in [1.29, 1.82) is 0 Å². The van der Waals surface area contributed by atoms with Gasteiger partial charge in [0, 0.05) is 42.0 Å². The van der Waals surface area contributed by atoms with E-state index in [1.165, 1.54) is 12.5 Å². The molecule has 4 rings (SSSR count). The van der Waals surface area contributed by atoms with Gasteiger partial charge < -0.3 is 9.80 Å². The van der Waals surface area contributed by atoms with E-state index in [0.717, 1.165) is 53.6 Å². The van der Waals surface area contributed by atoms with Crippen LogP contribution in [0.5, 0.6) is 0 Å². The summed E-state index contributed by atoms with van der Waals surface area (Å²) in [5, 5.41) is 1.53. The highest BCUT2D eigenvalue weighted by atomic mass is 35.5. The van der Waals surface area contributed by atoms with Gasteiger partial charge in [-0.3, -0.25) is 4.98 Å². The molecule has 0 saturated carbocycles. The molecular weight excluding hydrogens is 442 g/mol. The number of hydrogen-bond acceptors (Lipinski definition) is 5. The lowest BCUT2D eigenvalue weighted by molar-refractivity contribution is 0.199. The Labute approximate surface area is 195 Å². The number of halogens is 1. The molecule has 7 heteroatoms. The summed E-state index contributed by atoms with van der Waals surface area (Å²) in [6.07, 6.45) is 4.84. The van der Waals surface area contributed by atoms with Crippen LogP contribution in [0.3, 0.4) is 0 Å². The average Bonchev–Trinajstić information content (AvgIpc) is 2.77. The second kappa shape index (κ2) is 9.00. The van der Waals surface area contributed by atoms with E-state index in [9.17, 15) is 8.42 Å². The van der Waals surface area contributed by atoms with E-state index in [0.29, 0.717) is 21.9 Å². The second-order valence-corrected chi connectivity index (χ2v) is 11.4. The summed E-state index contributed by atoms with van der Waals surface area (Å²) in [6.45, 7) is 3.92. The Balaban J connectivity index is 1.81. The van der Waals surface area contributed by atoms with Crippen LogP contribution in [0.2, 0.25) is 5.02 Å². The molecule has 1 aliphatic heterocycles. The largest absolute Gasteiger partial charge is 0.370 e. The number of benzene rings is 2. The SMILES string of the molecule is CC(C1CCN(c2c(S(C)(=O)=O)cnc3ccc(-c4cccc(Cl)c4)cc23)CC1)N(C)C. The standard InChI is InChI=1S/C25H30ClN3O2S/c1-17(28(2)3)18-10-12-29(13-11-18)25-22-15-20(19-6-5-7-21(26)14-19)8-9-23(22)27-16-24(25)32(4,30)31/h5-9,14-18H,10-13H2,1-4H3. The third-order valence-corrected chi connectivity index (χ3v) is 8.05. The van der Waals surface area contributed by atoms with Gasteiger partial charge in [0.05, 0.1) is 11.2 Å². The van der Waals surface area contributed by atoms with Crippen LogP contribution >= 0.6 is 11.6 Å². The zero-order valence-electron chi connectivity index (χ0n) is 19.0. The molecule has 1 atom stereocenters. The van der Waals surface area contributed by atoms with Gasteiger partial charge in [0.2, 0.25) is 0 Å². The molecular formula is C25H30ClN3O2S. The number of fused-ring (bicyclic) bond motifs is 1. The second-order valence-electron chi connectivity index (χ2n) is 9.01. The van der Waals surface area contributed by atoms with Crippen molar-refractivity contribution in [2.24, 2.45) is 5.92 Å². The van der Waals surface area contributed by atoms with Crippen LogP contribution in [0.15, 0.2) is 53.6 Å². The first-order valence-electron chi connectivity index (χ1n) is 11.0. The van der Waals surface area contributed by atoms with Crippen LogP contribution in [0.25, 0.3) is 22.0 Å². The molecule has 1 aliphatic rings. The average molecular weight is 472 g/mol. The van der Waals surface area contributed by atoms with Gasteiger partial charge in [0.15, 0.2) is 9.84 Å². The van der Waals surface area contributed by atoms with Gasteiger partial charge in [0.25, 0.3) is 0 Å². The molecule has 1 fully saturated rings. The number of piperidine rings is 1. The minimum atomic E-state index is -3.44. The molecule has 170 valence electrons. The first-order valence-corrected chi connectivity index (χ1v) is 13.2. The van der Waals surface area contributed by atoms with Crippen LogP contribution in [0.1, 0.15) is 19.8 Å². The number of rotatable bonds is 5. The van der Waals surface area contributed by atoms with Crippen molar-refractivity contribution in [1.82, 2.24) is 9.88 Å². The normalized spacial score (nSPS) is 16.6. The van der Waals surface area contributed by atoms with E-state index < -0.39 is 9.84 Å². The molecule has 1 saturated heterocycles. The summed E-state index contributed by atoms with van der Waals surface area (Å²) < 4.78 is 25.4. The van der Waals surface area contributed by atoms with Crippen LogP contribution in [-0.4, -0.2) is 57.8 Å². The fraction of sp³-hybridized carbons (Fsp3) is 0.400. The number of sulfone groups is 1. The van der Waals surface area contributed by atoms with Gasteiger partial charge in [-0.05, 0) is 75.2 Å². The highest BCUT2D eigenvalue weighted by Crippen LogP contribution is 2.38. The quantitative estimate of drug-likeness (QED) is 0.516. The molecule has 5 nitrogen and oxygen atoms in total. The van der Waals surface area contributed by atoms with E-state index in [4.69, 9.17) is 11.6 Å². The Morgan fingerprint density at radius 2 is 1.78 bits per heavy atom. The Hall–Kier alpha value is -2.15. The number of anilines is 1. The molecule has 0 aliphatic carbocycles. The van der Waals surface area contributed by atoms with E-state index in [2.05, 4.69) is 35.8 Å². The molecule has 0 radical (unpaired) electrons. The molecule has 1 unspecified atom stereocenters. The first-order chi connectivity index (χ1) is 15.1. The fourth-order valence-electron chi connectivity index (χ4n) is 4.63. The molecule has 0 spiro atoms. The van der Waals surface area contributed by atoms with Crippen LogP contribution in [0.4, 0.5) is 5.69 Å². The molecule has 3 aromatic rings. The molecule has 0 N–H and O–H groups in total. The summed E-state index contributed by atoms with van der Waals surface area (Å²) in [4.78, 5) is 9.28. The monoisotopic (exact) mass is 471 g/mol. The maximum atomic E-state index is 12.7. The summed E-state index contributed by atoms with van der Waals surface area (Å²) in [7, 11) is 0.800. The van der Waals surface area contributed by atoms with Crippen molar-refractivity contribution in [2.75, 3.05) is 38.3 Å². The van der Waals surface area contributed by atoms with Crippen molar-refractivity contribution >= 4 is 38.0 Å². The number of nitrogens with zero attached hydrogens (tertiary/aromatic N) is 3. The fourth-order valence-corrected chi connectivity index (χ4v) is 5.66. The minimum absolute atomic E-state index is 0.298. The molecule has 0 bridgehead atoms. The molecule has 0 amide bonds. The number of hydrogen-bond donors (Lipinski definition) is 0. The van der Waals surface area contributed by atoms with Gasteiger partial charge in [-0.1, -0.05) is 29.8 Å². The van der Waals surface area contributed by atoms with Crippen LogP contribution in [-0.2, 0) is 9.84 Å². The summed E-state index contributed by atoms with van der Waals surface area (Å²) in [6, 6.07) is 14.2. The van der Waals surface area contributed by atoms with E-state index in [1.807, 2.05) is 42.5 Å². The Kier molecular flexibility index (Phi) is 6.48. The molecule has 2 heterocycles. The zero-order valence-corrected chi connectivity index (χ0v) is 20.6. The van der Waals surface area contributed by atoms with Gasteiger partial charge in [0.1, 0.15) is 4.90 Å². The van der Waals surface area contributed by atoms with Crippen molar-refractivity contribution in [3.05, 3.63) is 53.7 Å². The first kappa shape index (κ1) is 23.0. The Bertz CT molecular complexity index is 1240. The predicted octanol–water partition coefficient (Wildman–Crippen LogP) is 5.13. The third-order valence-electron chi connectivity index (χ3n) is 6.72. The third kappa shape index (κ3) is 4.63. The molecule has 2 aromatic carbocycles. The van der Waals surface area contributed by atoms with Crippen molar-refractivity contribution < 1.29 is 8.42 Å². The van der Waals surface area contributed by atoms with Crippen molar-refractivity contribution in [3.8, 4) is 11.1 Å². The van der Waals surface area contributed by atoms with Crippen molar-refractivity contribution in [2.45, 2.75) is 30.7 Å². The van der Waals surface area contributed by atoms with Gasteiger partial charge in [-0.25, -0.2) is 8.42 Å². The summed E-state index contributed by atoms with van der Waals surface area (Å²) >= 11 is 6.21. The van der Waals surface area contributed by atoms with Gasteiger partial charge in [-0.2, -0.15) is 0 Å². The Morgan fingerprint density at radius 3 is 2.41 bits per heavy atom. The maximum absolute atomic E-state index is 12.7. The topological polar surface area (TPSA) is 53.5 Å². The number of aromatic nitrogens is 1. The Morgan fingerprint density at radius 1 is 1.09 bits per heavy atom. The van der Waals surface area contributed by atoms with Crippen LogP contribution in [0, 0.1) is 5.92 Å². The summed E-state index contributed by atoms with van der Waals surface area (Å²) in [5.41, 5.74) is 3.55. The smallest absolute Gasteiger partial charge is 0.179 e. The summed E-state index contributed by atoms with van der Waals surface area (Å²) in [5.74, 6) is 0.595. The lowest BCUT2D eigenvalue weighted by Crippen LogP contribution is -2.42. The molecule has 1 aromatic heterocycles. The number of pyridine rings is 1. The zero-order chi connectivity index (χ0) is 23.0. The lowest BCUT2D eigenvalue weighted by Gasteiger charge is -2.39. The molecule has 32 heavy (non-hydrogen) atoms. The van der Waals surface area contributed by atoms with E-state index in [-0.39, 0.29) is 0 Å². The van der Waals surface area contributed by atoms with Crippen molar-refractivity contribution in [3.63, 3.8) is 0 Å². The van der Waals surface area contributed by atoms with E-state index >= 15 is 0 Å². The lowest BCUT2D eigenvalue weighted by atomic mass is 9.89. The van der Waals surface area contributed by atoms with Gasteiger partial charge >= 0.3 is 0 Å². The maximum Gasteiger partial charge on any atom is 0.179 e. The van der Waals surface area contributed by atoms with E-state index in [1.54, 1.807) is 0 Å².